The van der Waals surface area contributed by atoms with Crippen LogP contribution in [0.15, 0.2) is 11.6 Å². The molecule has 0 saturated carbocycles. The topological polar surface area (TPSA) is 82.5 Å². The monoisotopic (exact) mass is 255 g/mol. The van der Waals surface area contributed by atoms with Gasteiger partial charge < -0.3 is 10.0 Å². The molecular formula is C10H13N3O3S. The van der Waals surface area contributed by atoms with Crippen LogP contribution in [0.1, 0.15) is 12.8 Å². The van der Waals surface area contributed by atoms with Crippen molar-refractivity contribution in [2.75, 3.05) is 18.4 Å². The molecule has 2 heterocycles. The summed E-state index contributed by atoms with van der Waals surface area (Å²) in [6, 6.07) is -0.205. The zero-order chi connectivity index (χ0) is 12.3. The fourth-order valence-electron chi connectivity index (χ4n) is 1.79. The molecule has 0 radical (unpaired) electrons. The van der Waals surface area contributed by atoms with E-state index in [2.05, 4.69) is 10.3 Å². The van der Waals surface area contributed by atoms with Crippen LogP contribution in [0.3, 0.4) is 0 Å². The number of hydrogen-bond acceptors (Lipinski definition) is 4. The van der Waals surface area contributed by atoms with Crippen LogP contribution < -0.4 is 5.32 Å². The highest BCUT2D eigenvalue weighted by atomic mass is 32.1. The Hall–Kier alpha value is -1.63. The lowest BCUT2D eigenvalue weighted by Gasteiger charge is -2.29. The molecule has 7 heteroatoms. The second kappa shape index (κ2) is 5.13. The molecule has 0 bridgehead atoms. The van der Waals surface area contributed by atoms with Crippen molar-refractivity contribution in [2.45, 2.75) is 12.8 Å². The zero-order valence-electron chi connectivity index (χ0n) is 9.13. The Balaban J connectivity index is 1.84. The van der Waals surface area contributed by atoms with Gasteiger partial charge in [-0.25, -0.2) is 9.78 Å². The molecule has 6 nitrogen and oxygen atoms in total. The molecule has 0 spiro atoms. The quantitative estimate of drug-likeness (QED) is 0.838. The number of nitrogens with one attached hydrogen (secondary N) is 1. The molecular weight excluding hydrogens is 242 g/mol. The number of nitrogens with zero attached hydrogens (tertiary/aromatic N) is 2. The van der Waals surface area contributed by atoms with E-state index in [-0.39, 0.29) is 11.9 Å². The van der Waals surface area contributed by atoms with E-state index in [1.165, 1.54) is 11.3 Å². The number of carboxylic acids is 1. The number of piperidine rings is 1. The van der Waals surface area contributed by atoms with E-state index in [0.717, 1.165) is 0 Å². The number of hydrogen-bond donors (Lipinski definition) is 2. The number of likely N-dealkylation sites (tertiary alicyclic amines) is 1. The second-order valence-electron chi connectivity index (χ2n) is 3.87. The molecule has 0 aromatic carbocycles. The van der Waals surface area contributed by atoms with Crippen LogP contribution in [0.5, 0.6) is 0 Å². The second-order valence-corrected chi connectivity index (χ2v) is 4.76. The van der Waals surface area contributed by atoms with E-state index < -0.39 is 5.97 Å². The van der Waals surface area contributed by atoms with Gasteiger partial charge in [-0.2, -0.15) is 0 Å². The average molecular weight is 255 g/mol. The Morgan fingerprint density at radius 3 is 2.71 bits per heavy atom. The smallest absolute Gasteiger partial charge is 0.323 e. The fourth-order valence-corrected chi connectivity index (χ4v) is 2.30. The number of rotatable bonds is 2. The number of carboxylic acid groups (broad SMARTS) is 1. The van der Waals surface area contributed by atoms with Crippen LogP contribution in [-0.2, 0) is 4.79 Å². The molecule has 0 atom stereocenters. The summed E-state index contributed by atoms with van der Waals surface area (Å²) in [4.78, 5) is 28.1. The molecule has 2 amide bonds. The van der Waals surface area contributed by atoms with Gasteiger partial charge >= 0.3 is 12.0 Å². The number of urea groups is 1. The van der Waals surface area contributed by atoms with Gasteiger partial charge in [-0.1, -0.05) is 0 Å². The molecule has 1 aliphatic rings. The summed E-state index contributed by atoms with van der Waals surface area (Å²) in [5, 5.41) is 13.9. The number of aliphatic carboxylic acids is 1. The third-order valence-electron chi connectivity index (χ3n) is 2.78. The summed E-state index contributed by atoms with van der Waals surface area (Å²) in [7, 11) is 0. The van der Waals surface area contributed by atoms with Crippen molar-refractivity contribution in [1.82, 2.24) is 9.88 Å². The van der Waals surface area contributed by atoms with Crippen LogP contribution in [-0.4, -0.2) is 40.1 Å². The Kier molecular flexibility index (Phi) is 3.58. The Bertz CT molecular complexity index is 399. The third kappa shape index (κ3) is 2.94. The minimum Gasteiger partial charge on any atom is -0.481 e. The maximum absolute atomic E-state index is 11.8. The van der Waals surface area contributed by atoms with E-state index in [4.69, 9.17) is 5.11 Å². The van der Waals surface area contributed by atoms with Crippen molar-refractivity contribution in [3.63, 3.8) is 0 Å². The molecule has 1 fully saturated rings. The zero-order valence-corrected chi connectivity index (χ0v) is 9.94. The van der Waals surface area contributed by atoms with Gasteiger partial charge in [-0.15, -0.1) is 11.3 Å². The first kappa shape index (κ1) is 11.8. The molecule has 17 heavy (non-hydrogen) atoms. The molecule has 92 valence electrons. The van der Waals surface area contributed by atoms with Gasteiger partial charge in [0, 0.05) is 24.7 Å². The van der Waals surface area contributed by atoms with Gasteiger partial charge in [0.2, 0.25) is 0 Å². The lowest BCUT2D eigenvalue weighted by atomic mass is 9.97. The Morgan fingerprint density at radius 1 is 1.47 bits per heavy atom. The van der Waals surface area contributed by atoms with Crippen LogP contribution in [0.2, 0.25) is 0 Å². The first-order valence-corrected chi connectivity index (χ1v) is 6.23. The Morgan fingerprint density at radius 2 is 2.18 bits per heavy atom. The minimum atomic E-state index is -0.773. The Labute approximate surface area is 102 Å². The van der Waals surface area contributed by atoms with E-state index in [0.29, 0.717) is 31.1 Å². The molecule has 0 aliphatic carbocycles. The van der Waals surface area contributed by atoms with Gasteiger partial charge in [-0.3, -0.25) is 10.1 Å². The van der Waals surface area contributed by atoms with Crippen molar-refractivity contribution < 1.29 is 14.7 Å². The normalized spacial score (nSPS) is 16.8. The van der Waals surface area contributed by atoms with Gasteiger partial charge in [0.25, 0.3) is 0 Å². The van der Waals surface area contributed by atoms with Crippen molar-refractivity contribution in [2.24, 2.45) is 5.92 Å². The third-order valence-corrected chi connectivity index (χ3v) is 3.47. The molecule has 2 N–H and O–H groups in total. The highest BCUT2D eigenvalue weighted by Crippen LogP contribution is 2.18. The summed E-state index contributed by atoms with van der Waals surface area (Å²) in [5.74, 6) is -1.09. The first-order valence-electron chi connectivity index (χ1n) is 5.35. The van der Waals surface area contributed by atoms with Gasteiger partial charge in [-0.05, 0) is 12.8 Å². The lowest BCUT2D eigenvalue weighted by molar-refractivity contribution is -0.143. The maximum atomic E-state index is 11.8. The summed E-state index contributed by atoms with van der Waals surface area (Å²) < 4.78 is 0. The predicted octanol–water partition coefficient (Wildman–Crippen LogP) is 1.47. The standard InChI is InChI=1S/C10H13N3O3S/c14-8(15)7-1-4-13(5-2-7)10(16)12-9-11-3-6-17-9/h3,6-7H,1-2,4-5H2,(H,14,15)(H,11,12,16). The highest BCUT2D eigenvalue weighted by molar-refractivity contribution is 7.13. The largest absolute Gasteiger partial charge is 0.481 e. The van der Waals surface area contributed by atoms with Gasteiger partial charge in [0.05, 0.1) is 5.92 Å². The summed E-state index contributed by atoms with van der Waals surface area (Å²) in [6.45, 7) is 0.961. The minimum absolute atomic E-state index is 0.205. The first-order chi connectivity index (χ1) is 8.16. The summed E-state index contributed by atoms with van der Waals surface area (Å²) >= 11 is 1.36. The molecule has 2 rings (SSSR count). The summed E-state index contributed by atoms with van der Waals surface area (Å²) in [5.41, 5.74) is 0. The van der Waals surface area contributed by atoms with E-state index in [1.807, 2.05) is 0 Å². The van der Waals surface area contributed by atoms with Crippen LogP contribution in [0.4, 0.5) is 9.93 Å². The number of carbonyl (C=O) groups excluding carboxylic acids is 1. The highest BCUT2D eigenvalue weighted by Gasteiger charge is 2.27. The number of aromatic nitrogens is 1. The van der Waals surface area contributed by atoms with Crippen molar-refractivity contribution in [1.29, 1.82) is 0 Å². The lowest BCUT2D eigenvalue weighted by Crippen LogP contribution is -2.42. The van der Waals surface area contributed by atoms with Crippen molar-refractivity contribution in [3.8, 4) is 0 Å². The van der Waals surface area contributed by atoms with Gasteiger partial charge in [0.1, 0.15) is 0 Å². The maximum Gasteiger partial charge on any atom is 0.323 e. The van der Waals surface area contributed by atoms with Crippen molar-refractivity contribution in [3.05, 3.63) is 11.6 Å². The van der Waals surface area contributed by atoms with Crippen LogP contribution >= 0.6 is 11.3 Å². The van der Waals surface area contributed by atoms with E-state index >= 15 is 0 Å². The number of anilines is 1. The molecule has 1 aromatic heterocycles. The fraction of sp³-hybridized carbons (Fsp3) is 0.500. The van der Waals surface area contributed by atoms with Crippen LogP contribution in [0, 0.1) is 5.92 Å². The number of thiazole rings is 1. The summed E-state index contributed by atoms with van der Waals surface area (Å²) in [6.07, 6.45) is 2.65. The molecule has 0 unspecified atom stereocenters. The van der Waals surface area contributed by atoms with Gasteiger partial charge in [0.15, 0.2) is 5.13 Å². The molecule has 1 aliphatic heterocycles. The number of amides is 2. The molecule has 1 aromatic rings. The van der Waals surface area contributed by atoms with Crippen LogP contribution in [0.25, 0.3) is 0 Å². The van der Waals surface area contributed by atoms with E-state index in [1.54, 1.807) is 16.5 Å². The van der Waals surface area contributed by atoms with Crippen molar-refractivity contribution >= 4 is 28.5 Å². The molecule has 1 saturated heterocycles. The average Bonchev–Trinajstić information content (AvgIpc) is 2.82. The van der Waals surface area contributed by atoms with E-state index in [9.17, 15) is 9.59 Å². The predicted molar refractivity (Wildman–Crippen MR) is 63.1 cm³/mol. The SMILES string of the molecule is O=C(O)C1CCN(C(=O)Nc2nccs2)CC1. The number of carbonyl (C=O) groups is 2.